The van der Waals surface area contributed by atoms with Crippen LogP contribution in [-0.4, -0.2) is 15.7 Å². The van der Waals surface area contributed by atoms with E-state index in [2.05, 4.69) is 10.4 Å². The van der Waals surface area contributed by atoms with Crippen LogP contribution in [0.4, 0.5) is 10.1 Å². The third-order valence-electron chi connectivity index (χ3n) is 3.26. The Hall–Kier alpha value is -2.73. The summed E-state index contributed by atoms with van der Waals surface area (Å²) < 4.78 is 14.7. The maximum Gasteiger partial charge on any atom is 0.275 e. The normalized spacial score (nSPS) is 10.7. The molecule has 0 radical (unpaired) electrons. The summed E-state index contributed by atoms with van der Waals surface area (Å²) in [7, 11) is 0. The van der Waals surface area contributed by atoms with Gasteiger partial charge in [0.15, 0.2) is 0 Å². The molecule has 5 nitrogen and oxygen atoms in total. The molecule has 23 heavy (non-hydrogen) atoms. The Bertz CT molecular complexity index is 955. The molecule has 0 aliphatic rings. The van der Waals surface area contributed by atoms with Crippen LogP contribution in [0.5, 0.6) is 0 Å². The number of carbonyl (C=O) groups is 1. The molecule has 2 aromatic carbocycles. The van der Waals surface area contributed by atoms with E-state index < -0.39 is 11.7 Å². The summed E-state index contributed by atoms with van der Waals surface area (Å²) in [4.78, 5) is 24.3. The molecule has 0 aliphatic carbocycles. The van der Waals surface area contributed by atoms with Crippen LogP contribution in [0.25, 0.3) is 10.8 Å². The van der Waals surface area contributed by atoms with Crippen LogP contribution in [0.3, 0.4) is 0 Å². The van der Waals surface area contributed by atoms with Crippen molar-refractivity contribution >= 4 is 34.0 Å². The van der Waals surface area contributed by atoms with E-state index in [0.717, 1.165) is 10.7 Å². The Morgan fingerprint density at radius 3 is 2.83 bits per heavy atom. The van der Waals surface area contributed by atoms with E-state index >= 15 is 0 Å². The van der Waals surface area contributed by atoms with Gasteiger partial charge < -0.3 is 5.32 Å². The minimum absolute atomic E-state index is 0.00626. The van der Waals surface area contributed by atoms with Gasteiger partial charge in [-0.3, -0.25) is 9.59 Å². The summed E-state index contributed by atoms with van der Waals surface area (Å²) in [6.45, 7) is -0.314. The van der Waals surface area contributed by atoms with Crippen LogP contribution in [0.2, 0.25) is 5.02 Å². The SMILES string of the molecule is O=C(Cn1ncc2ccccc2c1=O)Nc1ccc(Cl)cc1F. The van der Waals surface area contributed by atoms with E-state index in [9.17, 15) is 14.0 Å². The number of aromatic nitrogens is 2. The highest BCUT2D eigenvalue weighted by molar-refractivity contribution is 6.30. The average Bonchev–Trinajstić information content (AvgIpc) is 2.53. The molecule has 0 aliphatic heterocycles. The minimum atomic E-state index is -0.648. The zero-order valence-electron chi connectivity index (χ0n) is 11.8. The molecule has 1 amide bonds. The molecule has 1 heterocycles. The molecule has 7 heteroatoms. The lowest BCUT2D eigenvalue weighted by atomic mass is 10.2. The van der Waals surface area contributed by atoms with Gasteiger partial charge >= 0.3 is 0 Å². The van der Waals surface area contributed by atoms with Gasteiger partial charge in [-0.25, -0.2) is 9.07 Å². The first-order valence-corrected chi connectivity index (χ1v) is 7.12. The Labute approximate surface area is 135 Å². The fourth-order valence-electron chi connectivity index (χ4n) is 2.16. The second-order valence-corrected chi connectivity index (χ2v) is 5.30. The summed E-state index contributed by atoms with van der Waals surface area (Å²) in [5.74, 6) is -1.21. The maximum absolute atomic E-state index is 13.7. The highest BCUT2D eigenvalue weighted by atomic mass is 35.5. The molecule has 1 aromatic heterocycles. The molecule has 116 valence electrons. The number of halogens is 2. The molecule has 3 rings (SSSR count). The van der Waals surface area contributed by atoms with Crippen molar-refractivity contribution in [3.05, 3.63) is 69.9 Å². The van der Waals surface area contributed by atoms with E-state index in [0.29, 0.717) is 10.8 Å². The number of carbonyl (C=O) groups excluding carboxylic acids is 1. The number of benzene rings is 2. The first kappa shape index (κ1) is 15.2. The topological polar surface area (TPSA) is 64.0 Å². The molecule has 0 atom stereocenters. The number of hydrogen-bond acceptors (Lipinski definition) is 3. The van der Waals surface area contributed by atoms with Crippen molar-refractivity contribution in [2.45, 2.75) is 6.54 Å². The van der Waals surface area contributed by atoms with Crippen molar-refractivity contribution in [2.24, 2.45) is 0 Å². The summed E-state index contributed by atoms with van der Waals surface area (Å²) >= 11 is 5.65. The summed E-state index contributed by atoms with van der Waals surface area (Å²) in [5.41, 5.74) is -0.386. The van der Waals surface area contributed by atoms with E-state index in [-0.39, 0.29) is 22.8 Å². The first-order chi connectivity index (χ1) is 11.0. The quantitative estimate of drug-likeness (QED) is 0.802. The summed E-state index contributed by atoms with van der Waals surface area (Å²) in [6.07, 6.45) is 1.51. The predicted octanol–water partition coefficient (Wildman–Crippen LogP) is 2.83. The monoisotopic (exact) mass is 331 g/mol. The smallest absolute Gasteiger partial charge is 0.275 e. The van der Waals surface area contributed by atoms with Gasteiger partial charge in [0, 0.05) is 10.4 Å². The van der Waals surface area contributed by atoms with Crippen LogP contribution in [-0.2, 0) is 11.3 Å². The maximum atomic E-state index is 13.7. The fourth-order valence-corrected chi connectivity index (χ4v) is 2.32. The standard InChI is InChI=1S/C16H11ClFN3O2/c17-11-5-6-14(13(18)7-11)20-15(22)9-21-16(23)12-4-2-1-3-10(12)8-19-21/h1-8H,9H2,(H,20,22). The van der Waals surface area contributed by atoms with Crippen molar-refractivity contribution in [3.63, 3.8) is 0 Å². The van der Waals surface area contributed by atoms with Crippen LogP contribution >= 0.6 is 11.6 Å². The molecular formula is C16H11ClFN3O2. The first-order valence-electron chi connectivity index (χ1n) is 6.74. The number of nitrogens with zero attached hydrogens (tertiary/aromatic N) is 2. The van der Waals surface area contributed by atoms with Crippen molar-refractivity contribution in [3.8, 4) is 0 Å². The number of nitrogens with one attached hydrogen (secondary N) is 1. The van der Waals surface area contributed by atoms with Crippen molar-refractivity contribution in [1.29, 1.82) is 0 Å². The number of hydrogen-bond donors (Lipinski definition) is 1. The molecule has 3 aromatic rings. The predicted molar refractivity (Wildman–Crippen MR) is 86.0 cm³/mol. The zero-order valence-corrected chi connectivity index (χ0v) is 12.5. The van der Waals surface area contributed by atoms with Gasteiger partial charge in [-0.15, -0.1) is 0 Å². The Morgan fingerprint density at radius 2 is 2.04 bits per heavy atom. The molecule has 0 saturated carbocycles. The highest BCUT2D eigenvalue weighted by Gasteiger charge is 2.11. The average molecular weight is 332 g/mol. The Balaban J connectivity index is 1.83. The summed E-state index contributed by atoms with van der Waals surface area (Å²) in [6, 6.07) is 10.9. The third kappa shape index (κ3) is 3.22. The van der Waals surface area contributed by atoms with Crippen LogP contribution in [0.15, 0.2) is 53.5 Å². The summed E-state index contributed by atoms with van der Waals surface area (Å²) in [5, 5.41) is 7.73. The van der Waals surface area contributed by atoms with Crippen molar-refractivity contribution in [2.75, 3.05) is 5.32 Å². The lowest BCUT2D eigenvalue weighted by molar-refractivity contribution is -0.117. The fraction of sp³-hybridized carbons (Fsp3) is 0.0625. The number of rotatable bonds is 3. The van der Waals surface area contributed by atoms with E-state index in [4.69, 9.17) is 11.6 Å². The number of anilines is 1. The van der Waals surface area contributed by atoms with Crippen LogP contribution in [0, 0.1) is 5.82 Å². The lowest BCUT2D eigenvalue weighted by Crippen LogP contribution is -2.29. The molecule has 1 N–H and O–H groups in total. The van der Waals surface area contributed by atoms with Gasteiger partial charge in [-0.1, -0.05) is 29.8 Å². The molecule has 0 bridgehead atoms. The number of fused-ring (bicyclic) bond motifs is 1. The molecule has 0 saturated heterocycles. The molecule has 0 unspecified atom stereocenters. The van der Waals surface area contributed by atoms with Crippen molar-refractivity contribution < 1.29 is 9.18 Å². The van der Waals surface area contributed by atoms with Gasteiger partial charge in [0.25, 0.3) is 5.56 Å². The van der Waals surface area contributed by atoms with Gasteiger partial charge in [0.05, 0.1) is 17.3 Å². The largest absolute Gasteiger partial charge is 0.322 e. The molecule has 0 spiro atoms. The van der Waals surface area contributed by atoms with Crippen LogP contribution < -0.4 is 10.9 Å². The second kappa shape index (κ2) is 6.18. The third-order valence-corrected chi connectivity index (χ3v) is 3.50. The van der Waals surface area contributed by atoms with Gasteiger partial charge in [-0.05, 0) is 24.3 Å². The highest BCUT2D eigenvalue weighted by Crippen LogP contribution is 2.18. The Morgan fingerprint density at radius 1 is 1.26 bits per heavy atom. The van der Waals surface area contributed by atoms with Crippen molar-refractivity contribution in [1.82, 2.24) is 9.78 Å². The molecule has 0 fully saturated rings. The van der Waals surface area contributed by atoms with E-state index in [1.165, 1.54) is 18.3 Å². The molecular weight excluding hydrogens is 321 g/mol. The minimum Gasteiger partial charge on any atom is -0.322 e. The second-order valence-electron chi connectivity index (χ2n) is 4.87. The van der Waals surface area contributed by atoms with Gasteiger partial charge in [-0.2, -0.15) is 5.10 Å². The van der Waals surface area contributed by atoms with E-state index in [1.807, 2.05) is 0 Å². The lowest BCUT2D eigenvalue weighted by Gasteiger charge is -2.08. The van der Waals surface area contributed by atoms with Crippen LogP contribution in [0.1, 0.15) is 0 Å². The Kier molecular flexibility index (Phi) is 4.08. The van der Waals surface area contributed by atoms with E-state index in [1.54, 1.807) is 24.3 Å². The number of amides is 1. The zero-order chi connectivity index (χ0) is 16.4. The van der Waals surface area contributed by atoms with Gasteiger partial charge in [0.2, 0.25) is 5.91 Å². The van der Waals surface area contributed by atoms with Gasteiger partial charge in [0.1, 0.15) is 12.4 Å².